The van der Waals surface area contributed by atoms with E-state index in [0.717, 1.165) is 18.4 Å². The summed E-state index contributed by atoms with van der Waals surface area (Å²) < 4.78 is 16.3. The summed E-state index contributed by atoms with van der Waals surface area (Å²) in [7, 11) is 3.09. The number of allylic oxidation sites excluding steroid dienone is 1. The number of carbonyl (C=O) groups excluding carboxylic acids is 1. The Morgan fingerprint density at radius 3 is 2.46 bits per heavy atom. The van der Waals surface area contributed by atoms with Crippen LogP contribution in [0.4, 0.5) is 0 Å². The van der Waals surface area contributed by atoms with E-state index in [4.69, 9.17) is 14.2 Å². The minimum atomic E-state index is -0.179. The van der Waals surface area contributed by atoms with Crippen LogP contribution >= 0.6 is 0 Å². The fraction of sp³-hybridized carbons (Fsp3) is 0.250. The van der Waals surface area contributed by atoms with E-state index in [9.17, 15) is 4.79 Å². The number of aryl methyl sites for hydroxylation is 1. The molecule has 3 rings (SSSR count). The molecule has 24 heavy (non-hydrogen) atoms. The van der Waals surface area contributed by atoms with Gasteiger partial charge in [-0.1, -0.05) is 37.6 Å². The number of benzene rings is 2. The molecule has 0 saturated carbocycles. The second-order valence-corrected chi connectivity index (χ2v) is 5.63. The zero-order valence-electron chi connectivity index (χ0n) is 14.1. The SMILES string of the molecule is CCCc1ccc(/C=C2\Oc3cc(OC)cc(OC)c3C2=O)cc1. The molecule has 0 radical (unpaired) electrons. The number of fused-ring (bicyclic) bond motifs is 1. The zero-order chi connectivity index (χ0) is 17.1. The minimum absolute atomic E-state index is 0.179. The van der Waals surface area contributed by atoms with Gasteiger partial charge in [-0.15, -0.1) is 0 Å². The Morgan fingerprint density at radius 1 is 1.08 bits per heavy atom. The number of methoxy groups -OCH3 is 2. The lowest BCUT2D eigenvalue weighted by atomic mass is 10.1. The van der Waals surface area contributed by atoms with Gasteiger partial charge >= 0.3 is 0 Å². The van der Waals surface area contributed by atoms with Crippen molar-refractivity contribution in [2.75, 3.05) is 14.2 Å². The van der Waals surface area contributed by atoms with E-state index in [2.05, 4.69) is 19.1 Å². The minimum Gasteiger partial charge on any atom is -0.496 e. The van der Waals surface area contributed by atoms with Crippen molar-refractivity contribution in [1.82, 2.24) is 0 Å². The van der Waals surface area contributed by atoms with Crippen LogP contribution in [0.5, 0.6) is 17.2 Å². The van der Waals surface area contributed by atoms with Crippen LogP contribution in [0.15, 0.2) is 42.2 Å². The molecule has 0 bridgehead atoms. The summed E-state index contributed by atoms with van der Waals surface area (Å²) >= 11 is 0. The quantitative estimate of drug-likeness (QED) is 0.770. The second-order valence-electron chi connectivity index (χ2n) is 5.63. The highest BCUT2D eigenvalue weighted by atomic mass is 16.5. The van der Waals surface area contributed by atoms with Gasteiger partial charge in [0.2, 0.25) is 5.78 Å². The smallest absolute Gasteiger partial charge is 0.235 e. The number of Topliss-reactive ketones (excluding diaryl/α,β-unsaturated/α-hetero) is 1. The third kappa shape index (κ3) is 3.00. The molecule has 124 valence electrons. The number of ether oxygens (including phenoxy) is 3. The van der Waals surface area contributed by atoms with E-state index >= 15 is 0 Å². The normalized spacial score (nSPS) is 14.5. The predicted octanol–water partition coefficient (Wildman–Crippen LogP) is 4.27. The standard InChI is InChI=1S/C20H20O4/c1-4-5-13-6-8-14(9-7-13)10-18-20(21)19-16(23-3)11-15(22-2)12-17(19)24-18/h6-12H,4-5H2,1-3H3/b18-10-. The van der Waals surface area contributed by atoms with Crippen molar-refractivity contribution in [1.29, 1.82) is 0 Å². The van der Waals surface area contributed by atoms with Crippen molar-refractivity contribution in [3.63, 3.8) is 0 Å². The summed E-state index contributed by atoms with van der Waals surface area (Å²) in [6.07, 6.45) is 3.91. The van der Waals surface area contributed by atoms with E-state index in [1.807, 2.05) is 12.1 Å². The first-order valence-corrected chi connectivity index (χ1v) is 7.95. The van der Waals surface area contributed by atoms with Crippen molar-refractivity contribution in [2.45, 2.75) is 19.8 Å². The molecular weight excluding hydrogens is 304 g/mol. The molecule has 0 atom stereocenters. The van der Waals surface area contributed by atoms with Crippen molar-refractivity contribution < 1.29 is 19.0 Å². The maximum absolute atomic E-state index is 12.6. The van der Waals surface area contributed by atoms with Crippen molar-refractivity contribution in [3.05, 3.63) is 58.8 Å². The molecule has 0 unspecified atom stereocenters. The molecule has 1 aliphatic rings. The lowest BCUT2D eigenvalue weighted by Gasteiger charge is -2.07. The summed E-state index contributed by atoms with van der Waals surface area (Å²) in [4.78, 5) is 12.6. The molecule has 0 amide bonds. The fourth-order valence-electron chi connectivity index (χ4n) is 2.75. The van der Waals surface area contributed by atoms with Crippen LogP contribution in [0.25, 0.3) is 6.08 Å². The Balaban J connectivity index is 1.92. The maximum atomic E-state index is 12.6. The van der Waals surface area contributed by atoms with Crippen LogP contribution in [0.1, 0.15) is 34.8 Å². The van der Waals surface area contributed by atoms with Gasteiger partial charge in [0.15, 0.2) is 5.76 Å². The molecule has 0 aromatic heterocycles. The number of hydrogen-bond acceptors (Lipinski definition) is 4. The van der Waals surface area contributed by atoms with Crippen molar-refractivity contribution >= 4 is 11.9 Å². The Kier molecular flexibility index (Phi) is 4.56. The third-order valence-corrected chi connectivity index (χ3v) is 3.98. The Hall–Kier alpha value is -2.75. The van der Waals surface area contributed by atoms with E-state index in [1.165, 1.54) is 12.7 Å². The average molecular weight is 324 g/mol. The van der Waals surface area contributed by atoms with E-state index in [0.29, 0.717) is 28.6 Å². The molecule has 0 N–H and O–H groups in total. The highest BCUT2D eigenvalue weighted by molar-refractivity contribution is 6.16. The third-order valence-electron chi connectivity index (χ3n) is 3.98. The summed E-state index contributed by atoms with van der Waals surface area (Å²) in [5, 5.41) is 0. The number of carbonyl (C=O) groups is 1. The Morgan fingerprint density at radius 2 is 1.83 bits per heavy atom. The molecule has 1 aliphatic heterocycles. The molecular formula is C20H20O4. The van der Waals surface area contributed by atoms with Crippen molar-refractivity contribution in [3.8, 4) is 17.2 Å². The molecule has 4 heteroatoms. The lowest BCUT2D eigenvalue weighted by Crippen LogP contribution is -2.00. The Bertz CT molecular complexity index is 788. The van der Waals surface area contributed by atoms with Gasteiger partial charge in [-0.25, -0.2) is 0 Å². The van der Waals surface area contributed by atoms with Gasteiger partial charge in [-0.05, 0) is 23.6 Å². The highest BCUT2D eigenvalue weighted by Crippen LogP contribution is 2.41. The van der Waals surface area contributed by atoms with Crippen LogP contribution in [0, 0.1) is 0 Å². The molecule has 2 aromatic rings. The Labute approximate surface area is 141 Å². The first-order chi connectivity index (χ1) is 11.7. The molecule has 0 aliphatic carbocycles. The molecule has 0 saturated heterocycles. The average Bonchev–Trinajstić information content (AvgIpc) is 2.92. The van der Waals surface area contributed by atoms with Crippen molar-refractivity contribution in [2.24, 2.45) is 0 Å². The molecule has 0 fully saturated rings. The number of ketones is 1. The lowest BCUT2D eigenvalue weighted by molar-refractivity contribution is 0.101. The van der Waals surface area contributed by atoms with Gasteiger partial charge < -0.3 is 14.2 Å². The summed E-state index contributed by atoms with van der Waals surface area (Å²) in [5.41, 5.74) is 2.65. The second kappa shape index (κ2) is 6.79. The monoisotopic (exact) mass is 324 g/mol. The van der Waals surface area contributed by atoms with Gasteiger partial charge in [-0.2, -0.15) is 0 Å². The zero-order valence-corrected chi connectivity index (χ0v) is 14.1. The first-order valence-electron chi connectivity index (χ1n) is 7.95. The van der Waals surface area contributed by atoms with Crippen LogP contribution in [-0.2, 0) is 6.42 Å². The largest absolute Gasteiger partial charge is 0.496 e. The summed E-state index contributed by atoms with van der Waals surface area (Å²) in [5.74, 6) is 1.62. The summed E-state index contributed by atoms with van der Waals surface area (Å²) in [6, 6.07) is 11.5. The predicted molar refractivity (Wildman–Crippen MR) is 92.9 cm³/mol. The maximum Gasteiger partial charge on any atom is 0.235 e. The van der Waals surface area contributed by atoms with Gasteiger partial charge in [0.25, 0.3) is 0 Å². The number of rotatable bonds is 5. The molecule has 0 spiro atoms. The van der Waals surface area contributed by atoms with Crippen LogP contribution in [0.3, 0.4) is 0 Å². The first kappa shape index (κ1) is 16.1. The topological polar surface area (TPSA) is 44.8 Å². The molecule has 4 nitrogen and oxygen atoms in total. The van der Waals surface area contributed by atoms with Gasteiger partial charge in [0.1, 0.15) is 22.8 Å². The van der Waals surface area contributed by atoms with Crippen LogP contribution in [-0.4, -0.2) is 20.0 Å². The van der Waals surface area contributed by atoms with E-state index in [1.54, 1.807) is 25.3 Å². The molecule has 1 heterocycles. The summed E-state index contributed by atoms with van der Waals surface area (Å²) in [6.45, 7) is 2.15. The van der Waals surface area contributed by atoms with Gasteiger partial charge in [0, 0.05) is 12.1 Å². The molecule has 2 aromatic carbocycles. The van der Waals surface area contributed by atoms with Gasteiger partial charge in [0.05, 0.1) is 14.2 Å². The highest BCUT2D eigenvalue weighted by Gasteiger charge is 2.32. The fourth-order valence-corrected chi connectivity index (χ4v) is 2.75. The number of hydrogen-bond donors (Lipinski definition) is 0. The van der Waals surface area contributed by atoms with E-state index < -0.39 is 0 Å². The van der Waals surface area contributed by atoms with Crippen LogP contribution < -0.4 is 14.2 Å². The van der Waals surface area contributed by atoms with Crippen LogP contribution in [0.2, 0.25) is 0 Å². The van der Waals surface area contributed by atoms with Gasteiger partial charge in [-0.3, -0.25) is 4.79 Å². The van der Waals surface area contributed by atoms with E-state index in [-0.39, 0.29) is 5.78 Å².